The van der Waals surface area contributed by atoms with Crippen molar-refractivity contribution in [2.45, 2.75) is 13.3 Å². The van der Waals surface area contributed by atoms with E-state index in [1.54, 1.807) is 10.9 Å². The van der Waals surface area contributed by atoms with Gasteiger partial charge in [0.2, 0.25) is 5.91 Å². The van der Waals surface area contributed by atoms with Crippen LogP contribution >= 0.6 is 0 Å². The van der Waals surface area contributed by atoms with E-state index in [0.29, 0.717) is 25.3 Å². The number of benzene rings is 1. The molecule has 2 amide bonds. The van der Waals surface area contributed by atoms with Gasteiger partial charge in [0, 0.05) is 20.0 Å². The van der Waals surface area contributed by atoms with Crippen LogP contribution in [0.25, 0.3) is 5.69 Å². The quantitative estimate of drug-likeness (QED) is 0.750. The highest BCUT2D eigenvalue weighted by Crippen LogP contribution is 2.19. The number of carbonyl (C=O) groups excluding carboxylic acids is 2. The average molecular weight is 316 g/mol. The molecule has 1 aromatic carbocycles. The number of rotatable bonds is 7. The molecule has 1 heterocycles. The summed E-state index contributed by atoms with van der Waals surface area (Å²) in [5, 5.41) is 9.73. The number of aromatic nitrogens is 2. The molecule has 2 aromatic rings. The molecule has 0 spiro atoms. The fourth-order valence-electron chi connectivity index (χ4n) is 2.02. The third-order valence-electron chi connectivity index (χ3n) is 3.15. The van der Waals surface area contributed by atoms with Crippen LogP contribution in [0.1, 0.15) is 23.8 Å². The zero-order chi connectivity index (χ0) is 16.7. The predicted molar refractivity (Wildman–Crippen MR) is 85.7 cm³/mol. The average Bonchev–Trinajstić information content (AvgIpc) is 2.99. The van der Waals surface area contributed by atoms with Crippen LogP contribution in [0.15, 0.2) is 36.5 Å². The molecule has 2 rings (SSSR count). The van der Waals surface area contributed by atoms with Crippen LogP contribution in [-0.4, -0.2) is 41.8 Å². The second-order valence-corrected chi connectivity index (χ2v) is 4.92. The van der Waals surface area contributed by atoms with Gasteiger partial charge < -0.3 is 15.4 Å². The number of methoxy groups -OCH3 is 1. The van der Waals surface area contributed by atoms with Crippen molar-refractivity contribution < 1.29 is 14.3 Å². The zero-order valence-electron chi connectivity index (χ0n) is 13.2. The van der Waals surface area contributed by atoms with Crippen molar-refractivity contribution in [1.29, 1.82) is 0 Å². The number of nitrogens with one attached hydrogen (secondary N) is 2. The Morgan fingerprint density at radius 3 is 2.52 bits per heavy atom. The molecule has 0 aliphatic heterocycles. The van der Waals surface area contributed by atoms with Crippen molar-refractivity contribution in [3.8, 4) is 11.4 Å². The van der Waals surface area contributed by atoms with Crippen molar-refractivity contribution in [2.75, 3.05) is 20.2 Å². The van der Waals surface area contributed by atoms with E-state index in [1.807, 2.05) is 30.3 Å². The standard InChI is InChI=1S/C16H20N4O3/c1-12(21)17-9-6-10-18-16(22)15-14(23-2)11-20(19-15)13-7-4-3-5-8-13/h3-5,7-8,11H,6,9-10H2,1-2H3,(H,17,21)(H,18,22). The lowest BCUT2D eigenvalue weighted by Gasteiger charge is -2.05. The molecule has 1 aromatic heterocycles. The smallest absolute Gasteiger partial charge is 0.275 e. The van der Waals surface area contributed by atoms with Crippen LogP contribution in [0.4, 0.5) is 0 Å². The lowest BCUT2D eigenvalue weighted by atomic mass is 10.3. The number of carbonyl (C=O) groups is 2. The third kappa shape index (κ3) is 4.57. The fraction of sp³-hybridized carbons (Fsp3) is 0.312. The van der Waals surface area contributed by atoms with Gasteiger partial charge in [0.05, 0.1) is 19.0 Å². The number of nitrogens with zero attached hydrogens (tertiary/aromatic N) is 2. The Balaban J connectivity index is 1.99. The van der Waals surface area contributed by atoms with Gasteiger partial charge in [-0.1, -0.05) is 18.2 Å². The highest BCUT2D eigenvalue weighted by atomic mass is 16.5. The molecular weight excluding hydrogens is 296 g/mol. The molecule has 0 fully saturated rings. The van der Waals surface area contributed by atoms with Gasteiger partial charge in [0.15, 0.2) is 11.4 Å². The van der Waals surface area contributed by atoms with Gasteiger partial charge in [-0.15, -0.1) is 0 Å². The van der Waals surface area contributed by atoms with Gasteiger partial charge >= 0.3 is 0 Å². The van der Waals surface area contributed by atoms with Crippen LogP contribution in [0, 0.1) is 0 Å². The minimum absolute atomic E-state index is 0.0837. The van der Waals surface area contributed by atoms with E-state index < -0.39 is 0 Å². The first-order valence-corrected chi connectivity index (χ1v) is 7.33. The molecule has 0 unspecified atom stereocenters. The number of amides is 2. The van der Waals surface area contributed by atoms with Crippen molar-refractivity contribution in [3.05, 3.63) is 42.2 Å². The van der Waals surface area contributed by atoms with E-state index in [9.17, 15) is 9.59 Å². The largest absolute Gasteiger partial charge is 0.493 e. The van der Waals surface area contributed by atoms with Gasteiger partial charge in [-0.2, -0.15) is 5.10 Å². The van der Waals surface area contributed by atoms with Gasteiger partial charge in [-0.05, 0) is 18.6 Å². The number of hydrogen-bond donors (Lipinski definition) is 2. The Morgan fingerprint density at radius 1 is 1.17 bits per heavy atom. The highest BCUT2D eigenvalue weighted by molar-refractivity contribution is 5.94. The Morgan fingerprint density at radius 2 is 1.87 bits per heavy atom. The topological polar surface area (TPSA) is 85.2 Å². The maximum atomic E-state index is 12.2. The Labute approximate surface area is 134 Å². The number of hydrogen-bond acceptors (Lipinski definition) is 4. The van der Waals surface area contributed by atoms with Gasteiger partial charge in [-0.25, -0.2) is 4.68 Å². The summed E-state index contributed by atoms with van der Waals surface area (Å²) >= 11 is 0. The van der Waals surface area contributed by atoms with Crippen LogP contribution in [0.2, 0.25) is 0 Å². The van der Waals surface area contributed by atoms with Gasteiger partial charge in [-0.3, -0.25) is 9.59 Å². The summed E-state index contributed by atoms with van der Waals surface area (Å²) in [5.41, 5.74) is 1.08. The lowest BCUT2D eigenvalue weighted by molar-refractivity contribution is -0.118. The molecule has 0 aliphatic carbocycles. The summed E-state index contributed by atoms with van der Waals surface area (Å²) in [5.74, 6) is 0.0205. The normalized spacial score (nSPS) is 10.2. The van der Waals surface area contributed by atoms with Crippen LogP contribution in [0.5, 0.6) is 5.75 Å². The predicted octanol–water partition coefficient (Wildman–Crippen LogP) is 1.14. The summed E-state index contributed by atoms with van der Waals surface area (Å²) in [7, 11) is 1.50. The fourth-order valence-corrected chi connectivity index (χ4v) is 2.02. The molecule has 0 atom stereocenters. The van der Waals surface area contributed by atoms with Crippen LogP contribution in [-0.2, 0) is 4.79 Å². The zero-order valence-corrected chi connectivity index (χ0v) is 13.2. The molecule has 2 N–H and O–H groups in total. The second-order valence-electron chi connectivity index (χ2n) is 4.92. The van der Waals surface area contributed by atoms with E-state index >= 15 is 0 Å². The Kier molecular flexibility index (Phi) is 5.74. The number of ether oxygens (including phenoxy) is 1. The molecule has 0 saturated heterocycles. The summed E-state index contributed by atoms with van der Waals surface area (Å²) in [6.07, 6.45) is 2.31. The molecule has 0 aliphatic rings. The highest BCUT2D eigenvalue weighted by Gasteiger charge is 2.17. The maximum absolute atomic E-state index is 12.2. The second kappa shape index (κ2) is 7.98. The third-order valence-corrected chi connectivity index (χ3v) is 3.15. The Hall–Kier alpha value is -2.83. The monoisotopic (exact) mass is 316 g/mol. The molecular formula is C16H20N4O3. The van der Waals surface area contributed by atoms with Crippen molar-refractivity contribution >= 4 is 11.8 Å². The first-order chi connectivity index (χ1) is 11.1. The van der Waals surface area contributed by atoms with Crippen molar-refractivity contribution in [3.63, 3.8) is 0 Å². The van der Waals surface area contributed by atoms with E-state index in [4.69, 9.17) is 4.74 Å². The summed E-state index contributed by atoms with van der Waals surface area (Å²) in [6, 6.07) is 9.48. The molecule has 0 saturated carbocycles. The van der Waals surface area contributed by atoms with Crippen LogP contribution < -0.4 is 15.4 Å². The summed E-state index contributed by atoms with van der Waals surface area (Å²) < 4.78 is 6.83. The molecule has 7 nitrogen and oxygen atoms in total. The first kappa shape index (κ1) is 16.5. The van der Waals surface area contributed by atoms with Crippen LogP contribution in [0.3, 0.4) is 0 Å². The summed E-state index contributed by atoms with van der Waals surface area (Å²) in [4.78, 5) is 23.0. The first-order valence-electron chi connectivity index (χ1n) is 7.33. The molecule has 23 heavy (non-hydrogen) atoms. The van der Waals surface area contributed by atoms with Crippen molar-refractivity contribution in [1.82, 2.24) is 20.4 Å². The minimum Gasteiger partial charge on any atom is -0.493 e. The van der Waals surface area contributed by atoms with Gasteiger partial charge in [0.25, 0.3) is 5.91 Å². The van der Waals surface area contributed by atoms with E-state index in [1.165, 1.54) is 14.0 Å². The molecule has 0 bridgehead atoms. The summed E-state index contributed by atoms with van der Waals surface area (Å²) in [6.45, 7) is 2.42. The van der Waals surface area contributed by atoms with E-state index in [2.05, 4.69) is 15.7 Å². The molecule has 7 heteroatoms. The lowest BCUT2D eigenvalue weighted by Crippen LogP contribution is -2.29. The van der Waals surface area contributed by atoms with Crippen molar-refractivity contribution in [2.24, 2.45) is 0 Å². The maximum Gasteiger partial charge on any atom is 0.275 e. The SMILES string of the molecule is COc1cn(-c2ccccc2)nc1C(=O)NCCCNC(C)=O. The minimum atomic E-state index is -0.306. The van der Waals surface area contributed by atoms with E-state index in [0.717, 1.165) is 5.69 Å². The number of para-hydroxylation sites is 1. The van der Waals surface area contributed by atoms with E-state index in [-0.39, 0.29) is 17.5 Å². The molecule has 0 radical (unpaired) electrons. The van der Waals surface area contributed by atoms with Gasteiger partial charge in [0.1, 0.15) is 0 Å². The molecule has 122 valence electrons. The Bertz CT molecular complexity index is 667.